The Labute approximate surface area is 118 Å². The third-order valence-corrected chi connectivity index (χ3v) is 2.99. The predicted molar refractivity (Wildman–Crippen MR) is 62.4 cm³/mol. The number of benzene rings is 1. The molecule has 0 saturated heterocycles. The van der Waals surface area contributed by atoms with Crippen LogP contribution in [0.2, 0.25) is 0 Å². The van der Waals surface area contributed by atoms with Gasteiger partial charge >= 0.3 is 0 Å². The molecule has 0 bridgehead atoms. The van der Waals surface area contributed by atoms with Crippen molar-refractivity contribution >= 4 is 39.7 Å². The van der Waals surface area contributed by atoms with Gasteiger partial charge in [0.2, 0.25) is 0 Å². The van der Waals surface area contributed by atoms with Gasteiger partial charge in [0.15, 0.2) is 0 Å². The van der Waals surface area contributed by atoms with Crippen molar-refractivity contribution in [1.29, 1.82) is 0 Å². The van der Waals surface area contributed by atoms with Crippen molar-refractivity contribution < 1.29 is 18.1 Å². The second kappa shape index (κ2) is 5.06. The van der Waals surface area contributed by atoms with Crippen LogP contribution in [0.5, 0.6) is 5.75 Å². The molecule has 0 heterocycles. The van der Waals surface area contributed by atoms with E-state index in [1.54, 1.807) is 6.07 Å². The summed E-state index contributed by atoms with van der Waals surface area (Å²) < 4.78 is 30.7. The smallest absolute Gasteiger partial charge is 0.298 e. The van der Waals surface area contributed by atoms with Crippen molar-refractivity contribution in [1.82, 2.24) is 0 Å². The quantitative estimate of drug-likeness (QED) is 0.588. The molecule has 2 N–H and O–H groups in total. The molecular weight excluding hydrogens is 239 g/mol. The SMILES string of the molecule is CC(C)(C)c1ccc(O)c(S(=O)(=O)O)c1.[Na]. The van der Waals surface area contributed by atoms with E-state index in [1.807, 2.05) is 20.8 Å². The van der Waals surface area contributed by atoms with E-state index in [0.29, 0.717) is 0 Å². The molecule has 1 aromatic carbocycles. The summed E-state index contributed by atoms with van der Waals surface area (Å²) in [4.78, 5) is -0.449. The Hall–Kier alpha value is -0.0700. The summed E-state index contributed by atoms with van der Waals surface area (Å²) in [7, 11) is -4.37. The van der Waals surface area contributed by atoms with Gasteiger partial charge in [0.25, 0.3) is 10.1 Å². The number of rotatable bonds is 1. The van der Waals surface area contributed by atoms with E-state index in [4.69, 9.17) is 4.55 Å². The number of phenols is 1. The van der Waals surface area contributed by atoms with Gasteiger partial charge in [-0.15, -0.1) is 0 Å². The summed E-state index contributed by atoms with van der Waals surface area (Å²) in [6, 6.07) is 4.18. The maximum Gasteiger partial charge on any atom is 0.298 e. The standard InChI is InChI=1S/C10H14O4S.Na/c1-10(2,3)7-4-5-8(11)9(6-7)15(12,13)14;/h4-6,11H,1-3H3,(H,12,13,14);. The maximum absolute atomic E-state index is 10.9. The van der Waals surface area contributed by atoms with Crippen molar-refractivity contribution in [2.75, 3.05) is 0 Å². The molecule has 85 valence electrons. The Morgan fingerprint density at radius 2 is 1.69 bits per heavy atom. The van der Waals surface area contributed by atoms with Crippen molar-refractivity contribution in [3.05, 3.63) is 23.8 Å². The first kappa shape index (κ1) is 15.9. The molecule has 0 amide bonds. The number of hydrogen-bond acceptors (Lipinski definition) is 3. The average molecular weight is 253 g/mol. The van der Waals surface area contributed by atoms with Crippen molar-refractivity contribution in [2.24, 2.45) is 0 Å². The monoisotopic (exact) mass is 253 g/mol. The van der Waals surface area contributed by atoms with E-state index in [1.165, 1.54) is 12.1 Å². The zero-order valence-electron chi connectivity index (χ0n) is 9.85. The van der Waals surface area contributed by atoms with Crippen molar-refractivity contribution in [3.8, 4) is 5.75 Å². The van der Waals surface area contributed by atoms with Crippen LogP contribution in [0.25, 0.3) is 0 Å². The molecule has 0 atom stereocenters. The summed E-state index contributed by atoms with van der Waals surface area (Å²) >= 11 is 0. The topological polar surface area (TPSA) is 74.6 Å². The third kappa shape index (κ3) is 3.75. The second-order valence-corrected chi connectivity index (χ2v) is 5.80. The molecule has 0 aliphatic heterocycles. The summed E-state index contributed by atoms with van der Waals surface area (Å²) in [6.07, 6.45) is 0. The molecule has 0 saturated carbocycles. The minimum absolute atomic E-state index is 0. The average Bonchev–Trinajstić information content (AvgIpc) is 2.00. The second-order valence-electron chi connectivity index (χ2n) is 4.41. The fourth-order valence-corrected chi connectivity index (χ4v) is 1.80. The van der Waals surface area contributed by atoms with E-state index in [9.17, 15) is 13.5 Å². The van der Waals surface area contributed by atoms with Gasteiger partial charge in [-0.25, -0.2) is 0 Å². The molecule has 0 fully saturated rings. The van der Waals surface area contributed by atoms with Gasteiger partial charge in [-0.2, -0.15) is 8.42 Å². The van der Waals surface area contributed by atoms with Crippen LogP contribution in [0.15, 0.2) is 23.1 Å². The first-order valence-corrected chi connectivity index (χ1v) is 5.87. The van der Waals surface area contributed by atoms with E-state index >= 15 is 0 Å². The van der Waals surface area contributed by atoms with Crippen LogP contribution in [0.3, 0.4) is 0 Å². The molecule has 0 unspecified atom stereocenters. The van der Waals surface area contributed by atoms with E-state index in [0.717, 1.165) is 5.56 Å². The number of hydrogen-bond donors (Lipinski definition) is 2. The van der Waals surface area contributed by atoms with Crippen LogP contribution in [0, 0.1) is 0 Å². The maximum atomic E-state index is 10.9. The van der Waals surface area contributed by atoms with Gasteiger partial charge < -0.3 is 5.11 Å². The van der Waals surface area contributed by atoms with Gasteiger partial charge in [0, 0.05) is 29.6 Å². The minimum atomic E-state index is -4.37. The van der Waals surface area contributed by atoms with Gasteiger partial charge in [-0.3, -0.25) is 4.55 Å². The van der Waals surface area contributed by atoms with E-state index in [-0.39, 0.29) is 35.0 Å². The fourth-order valence-electron chi connectivity index (χ4n) is 1.19. The first-order chi connectivity index (χ1) is 6.62. The van der Waals surface area contributed by atoms with Crippen LogP contribution in [-0.2, 0) is 15.5 Å². The molecule has 0 aromatic heterocycles. The Morgan fingerprint density at radius 1 is 1.19 bits per heavy atom. The molecule has 0 aliphatic rings. The molecule has 1 rings (SSSR count). The Morgan fingerprint density at radius 3 is 2.06 bits per heavy atom. The molecule has 16 heavy (non-hydrogen) atoms. The molecule has 6 heteroatoms. The zero-order valence-corrected chi connectivity index (χ0v) is 12.7. The predicted octanol–water partition coefficient (Wildman–Crippen LogP) is 1.56. The van der Waals surface area contributed by atoms with Gasteiger partial charge in [-0.1, -0.05) is 26.8 Å². The molecular formula is C10H14NaO4S. The Balaban J connectivity index is 0.00000225. The Bertz CT molecular complexity index is 474. The molecule has 1 radical (unpaired) electrons. The van der Waals surface area contributed by atoms with E-state index < -0.39 is 20.8 Å². The van der Waals surface area contributed by atoms with E-state index in [2.05, 4.69) is 0 Å². The molecule has 0 spiro atoms. The third-order valence-electron chi connectivity index (χ3n) is 2.10. The number of phenolic OH excluding ortho intramolecular Hbond substituents is 1. The van der Waals surface area contributed by atoms with Crippen molar-refractivity contribution in [3.63, 3.8) is 0 Å². The Kier molecular flexibility index (Phi) is 5.04. The molecule has 0 aliphatic carbocycles. The van der Waals surface area contributed by atoms with Crippen LogP contribution >= 0.6 is 0 Å². The van der Waals surface area contributed by atoms with Gasteiger partial charge in [0.1, 0.15) is 10.6 Å². The normalized spacial score (nSPS) is 12.0. The van der Waals surface area contributed by atoms with Crippen LogP contribution < -0.4 is 0 Å². The minimum Gasteiger partial charge on any atom is -0.506 e. The van der Waals surface area contributed by atoms with Crippen LogP contribution in [0.4, 0.5) is 0 Å². The molecule has 4 nitrogen and oxygen atoms in total. The van der Waals surface area contributed by atoms with Crippen LogP contribution in [0.1, 0.15) is 26.3 Å². The summed E-state index contributed by atoms with van der Waals surface area (Å²) in [5.41, 5.74) is 0.487. The van der Waals surface area contributed by atoms with Crippen molar-refractivity contribution in [2.45, 2.75) is 31.1 Å². The van der Waals surface area contributed by atoms with Gasteiger partial charge in [-0.05, 0) is 23.1 Å². The number of aromatic hydroxyl groups is 1. The largest absolute Gasteiger partial charge is 0.506 e. The summed E-state index contributed by atoms with van der Waals surface area (Å²) in [5, 5.41) is 9.30. The summed E-state index contributed by atoms with van der Waals surface area (Å²) in [6.45, 7) is 5.73. The van der Waals surface area contributed by atoms with Crippen LogP contribution in [-0.4, -0.2) is 47.6 Å². The van der Waals surface area contributed by atoms with Gasteiger partial charge in [0.05, 0.1) is 0 Å². The molecule has 1 aromatic rings. The summed E-state index contributed by atoms with van der Waals surface area (Å²) in [5.74, 6) is -0.439. The first-order valence-electron chi connectivity index (χ1n) is 4.43. The fraction of sp³-hybridized carbons (Fsp3) is 0.400. The zero-order chi connectivity index (χ0) is 11.9.